The van der Waals surface area contributed by atoms with Gasteiger partial charge in [0.05, 0.1) is 12.6 Å². The van der Waals surface area contributed by atoms with Crippen molar-refractivity contribution in [2.45, 2.75) is 25.3 Å². The van der Waals surface area contributed by atoms with Crippen LogP contribution < -0.4 is 10.6 Å². The molecule has 116 valence electrons. The average Bonchev–Trinajstić information content (AvgIpc) is 2.47. The summed E-state index contributed by atoms with van der Waals surface area (Å²) in [6.45, 7) is 4.37. The lowest BCUT2D eigenvalue weighted by atomic mass is 9.79. The molecule has 0 unspecified atom stereocenters. The number of allylic oxidation sites excluding steroid dienone is 2. The Balaban J connectivity index is 2.08. The van der Waals surface area contributed by atoms with E-state index in [-0.39, 0.29) is 30.6 Å². The lowest BCUT2D eigenvalue weighted by Crippen LogP contribution is -2.58. The first kappa shape index (κ1) is 15.6. The number of methoxy groups -OCH3 is 1. The molecule has 6 heteroatoms. The summed E-state index contributed by atoms with van der Waals surface area (Å²) in [5.41, 5.74) is 0.403. The molecule has 0 aromatic carbocycles. The monoisotopic (exact) mass is 294 g/mol. The minimum Gasteiger partial charge on any atom is -0.463 e. The van der Waals surface area contributed by atoms with Crippen LogP contribution in [0.5, 0.6) is 0 Å². The third-order valence-electron chi connectivity index (χ3n) is 3.91. The minimum absolute atomic E-state index is 0.199. The van der Waals surface area contributed by atoms with E-state index in [4.69, 9.17) is 9.47 Å². The van der Waals surface area contributed by atoms with Crippen LogP contribution in [0.4, 0.5) is 4.79 Å². The van der Waals surface area contributed by atoms with E-state index in [1.165, 1.54) is 0 Å². The summed E-state index contributed by atoms with van der Waals surface area (Å²) in [5.74, 6) is -0.710. The van der Waals surface area contributed by atoms with Crippen molar-refractivity contribution in [1.82, 2.24) is 10.6 Å². The highest BCUT2D eigenvalue weighted by Crippen LogP contribution is 2.30. The highest BCUT2D eigenvalue weighted by atomic mass is 16.6. The van der Waals surface area contributed by atoms with Gasteiger partial charge >= 0.3 is 12.0 Å². The number of carbonyl (C=O) groups is 2. The largest absolute Gasteiger partial charge is 0.463 e. The molecule has 1 saturated heterocycles. The maximum absolute atomic E-state index is 12.3. The lowest BCUT2D eigenvalue weighted by molar-refractivity contribution is -0.150. The van der Waals surface area contributed by atoms with E-state index in [1.54, 1.807) is 7.11 Å². The Morgan fingerprint density at radius 1 is 1.43 bits per heavy atom. The van der Waals surface area contributed by atoms with E-state index in [0.717, 1.165) is 19.3 Å². The molecule has 2 amide bonds. The Kier molecular flexibility index (Phi) is 5.38. The standard InChI is InChI=1S/C15H22N2O4/c1-10-12(14(18)21-9-8-20-2)13(17-15(19)16-10)11-6-4-3-5-7-11/h3-4,11-13H,1,5-9H2,2H3,(H2,16,17,19)/t11-,12-,13+/m0/s1. The molecule has 2 rings (SSSR count). The van der Waals surface area contributed by atoms with Crippen LogP contribution in [-0.2, 0) is 14.3 Å². The van der Waals surface area contributed by atoms with Crippen LogP contribution >= 0.6 is 0 Å². The molecule has 1 aliphatic heterocycles. The number of ether oxygens (including phenoxy) is 2. The van der Waals surface area contributed by atoms with Crippen molar-refractivity contribution >= 4 is 12.0 Å². The molecule has 1 aliphatic carbocycles. The van der Waals surface area contributed by atoms with Crippen molar-refractivity contribution in [3.63, 3.8) is 0 Å². The van der Waals surface area contributed by atoms with E-state index in [0.29, 0.717) is 12.3 Å². The third kappa shape index (κ3) is 3.85. The summed E-state index contributed by atoms with van der Waals surface area (Å²) in [6, 6.07) is -0.577. The average molecular weight is 294 g/mol. The molecule has 0 aromatic heterocycles. The van der Waals surface area contributed by atoms with Crippen LogP contribution in [0.25, 0.3) is 0 Å². The predicted molar refractivity (Wildman–Crippen MR) is 77.4 cm³/mol. The maximum atomic E-state index is 12.3. The zero-order valence-corrected chi connectivity index (χ0v) is 12.3. The van der Waals surface area contributed by atoms with Crippen LogP contribution in [0, 0.1) is 11.8 Å². The van der Waals surface area contributed by atoms with Crippen molar-refractivity contribution in [1.29, 1.82) is 0 Å². The van der Waals surface area contributed by atoms with E-state index < -0.39 is 5.92 Å². The fourth-order valence-electron chi connectivity index (χ4n) is 2.85. The van der Waals surface area contributed by atoms with Crippen LogP contribution in [0.2, 0.25) is 0 Å². The summed E-state index contributed by atoms with van der Waals surface area (Å²) in [4.78, 5) is 24.0. The summed E-state index contributed by atoms with van der Waals surface area (Å²) < 4.78 is 10.1. The summed E-state index contributed by atoms with van der Waals surface area (Å²) >= 11 is 0. The quantitative estimate of drug-likeness (QED) is 0.456. The highest BCUT2D eigenvalue weighted by molar-refractivity contribution is 5.85. The van der Waals surface area contributed by atoms with E-state index >= 15 is 0 Å². The predicted octanol–water partition coefficient (Wildman–Crippen LogP) is 1.34. The molecule has 0 saturated carbocycles. The normalized spacial score (nSPS) is 28.7. The number of rotatable bonds is 5. The van der Waals surface area contributed by atoms with Gasteiger partial charge in [-0.15, -0.1) is 0 Å². The van der Waals surface area contributed by atoms with E-state index in [2.05, 4.69) is 29.4 Å². The van der Waals surface area contributed by atoms with Gasteiger partial charge in [-0.25, -0.2) is 4.79 Å². The van der Waals surface area contributed by atoms with E-state index in [9.17, 15) is 9.59 Å². The molecule has 2 N–H and O–H groups in total. The van der Waals surface area contributed by atoms with Gasteiger partial charge in [-0.2, -0.15) is 0 Å². The van der Waals surface area contributed by atoms with Crippen molar-refractivity contribution < 1.29 is 19.1 Å². The van der Waals surface area contributed by atoms with Gasteiger partial charge in [0.25, 0.3) is 0 Å². The SMILES string of the molecule is C=C1NC(=O)N[C@H]([C@H]2CC=CCC2)[C@H]1C(=O)OCCOC. The van der Waals surface area contributed by atoms with Gasteiger partial charge in [0.1, 0.15) is 12.5 Å². The Hall–Kier alpha value is -1.82. The topological polar surface area (TPSA) is 76.7 Å². The maximum Gasteiger partial charge on any atom is 0.319 e. The fraction of sp³-hybridized carbons (Fsp3) is 0.600. The highest BCUT2D eigenvalue weighted by Gasteiger charge is 2.41. The molecule has 0 aromatic rings. The van der Waals surface area contributed by atoms with Crippen molar-refractivity contribution in [2.75, 3.05) is 20.3 Å². The molecule has 2 aliphatic rings. The van der Waals surface area contributed by atoms with Crippen molar-refractivity contribution in [3.05, 3.63) is 24.4 Å². The molecule has 0 bridgehead atoms. The Labute approximate surface area is 124 Å². The number of nitrogens with one attached hydrogen (secondary N) is 2. The Morgan fingerprint density at radius 3 is 2.90 bits per heavy atom. The third-order valence-corrected chi connectivity index (χ3v) is 3.91. The fourth-order valence-corrected chi connectivity index (χ4v) is 2.85. The van der Waals surface area contributed by atoms with Crippen LogP contribution in [0.15, 0.2) is 24.4 Å². The van der Waals surface area contributed by atoms with Crippen LogP contribution in [-0.4, -0.2) is 38.4 Å². The number of esters is 1. The van der Waals surface area contributed by atoms with Gasteiger partial charge in [-0.3, -0.25) is 4.79 Å². The zero-order valence-electron chi connectivity index (χ0n) is 12.3. The number of urea groups is 1. The van der Waals surface area contributed by atoms with Gasteiger partial charge in [-0.05, 0) is 25.2 Å². The number of hydrogen-bond donors (Lipinski definition) is 2. The van der Waals surface area contributed by atoms with Crippen LogP contribution in [0.1, 0.15) is 19.3 Å². The second-order valence-electron chi connectivity index (χ2n) is 5.33. The molecule has 0 radical (unpaired) electrons. The molecule has 1 heterocycles. The molecular weight excluding hydrogens is 272 g/mol. The second kappa shape index (κ2) is 7.26. The van der Waals surface area contributed by atoms with Gasteiger partial charge < -0.3 is 20.1 Å². The first-order valence-corrected chi connectivity index (χ1v) is 7.20. The first-order valence-electron chi connectivity index (χ1n) is 7.20. The van der Waals surface area contributed by atoms with Gasteiger partial charge in [0.15, 0.2) is 0 Å². The summed E-state index contributed by atoms with van der Waals surface area (Å²) in [5, 5.41) is 5.44. The number of amides is 2. The molecule has 1 fully saturated rings. The lowest BCUT2D eigenvalue weighted by Gasteiger charge is -2.38. The Bertz CT molecular complexity index is 447. The minimum atomic E-state index is -0.559. The smallest absolute Gasteiger partial charge is 0.319 e. The molecule has 21 heavy (non-hydrogen) atoms. The first-order chi connectivity index (χ1) is 10.1. The van der Waals surface area contributed by atoms with Crippen LogP contribution in [0.3, 0.4) is 0 Å². The molecule has 0 spiro atoms. The van der Waals surface area contributed by atoms with Crippen molar-refractivity contribution in [2.24, 2.45) is 11.8 Å². The summed E-state index contributed by atoms with van der Waals surface area (Å²) in [6.07, 6.45) is 6.97. The summed E-state index contributed by atoms with van der Waals surface area (Å²) in [7, 11) is 1.55. The second-order valence-corrected chi connectivity index (χ2v) is 5.33. The zero-order chi connectivity index (χ0) is 15.2. The number of carbonyl (C=O) groups excluding carboxylic acids is 2. The molecule has 3 atom stereocenters. The van der Waals surface area contributed by atoms with Gasteiger partial charge in [-0.1, -0.05) is 18.7 Å². The Morgan fingerprint density at radius 2 is 2.24 bits per heavy atom. The number of hydrogen-bond acceptors (Lipinski definition) is 4. The molecular formula is C15H22N2O4. The van der Waals surface area contributed by atoms with E-state index in [1.807, 2.05) is 0 Å². The van der Waals surface area contributed by atoms with Crippen molar-refractivity contribution in [3.8, 4) is 0 Å². The van der Waals surface area contributed by atoms with Gasteiger partial charge in [0.2, 0.25) is 0 Å². The van der Waals surface area contributed by atoms with Gasteiger partial charge in [0, 0.05) is 12.8 Å². The molecule has 6 nitrogen and oxygen atoms in total.